The highest BCUT2D eigenvalue weighted by molar-refractivity contribution is 5.89. The lowest BCUT2D eigenvalue weighted by atomic mass is 10.2. The van der Waals surface area contributed by atoms with Gasteiger partial charge in [-0.25, -0.2) is 13.6 Å². The first-order valence-corrected chi connectivity index (χ1v) is 4.35. The predicted octanol–water partition coefficient (Wildman–Crippen LogP) is 2.12. The molecule has 1 rings (SSSR count). The van der Waals surface area contributed by atoms with Crippen molar-refractivity contribution >= 4 is 5.97 Å². The van der Waals surface area contributed by atoms with Gasteiger partial charge in [0.15, 0.2) is 18.4 Å². The van der Waals surface area contributed by atoms with E-state index in [-0.39, 0.29) is 6.79 Å². The number of carbonyl (C=O) groups is 1. The average Bonchev–Trinajstić information content (AvgIpc) is 2.22. The Kier molecular flexibility index (Phi) is 4.17. The van der Waals surface area contributed by atoms with Crippen molar-refractivity contribution in [1.29, 1.82) is 0 Å². The van der Waals surface area contributed by atoms with E-state index in [1.54, 1.807) is 6.92 Å². The molecule has 0 N–H and O–H groups in total. The van der Waals surface area contributed by atoms with Gasteiger partial charge in [-0.05, 0) is 19.1 Å². The molecule has 0 bridgehead atoms. The van der Waals surface area contributed by atoms with Crippen LogP contribution in [0.15, 0.2) is 18.2 Å². The van der Waals surface area contributed by atoms with Gasteiger partial charge in [0.25, 0.3) is 0 Å². The highest BCUT2D eigenvalue weighted by atomic mass is 19.2. The van der Waals surface area contributed by atoms with Gasteiger partial charge < -0.3 is 9.47 Å². The van der Waals surface area contributed by atoms with Crippen molar-refractivity contribution in [1.82, 2.24) is 0 Å². The first-order valence-electron chi connectivity index (χ1n) is 4.35. The molecule has 0 unspecified atom stereocenters. The van der Waals surface area contributed by atoms with Crippen LogP contribution in [0.5, 0.6) is 0 Å². The molecule has 0 saturated heterocycles. The number of ether oxygens (including phenoxy) is 2. The summed E-state index contributed by atoms with van der Waals surface area (Å²) in [7, 11) is 0. The topological polar surface area (TPSA) is 35.5 Å². The molecule has 0 spiro atoms. The lowest BCUT2D eigenvalue weighted by Crippen LogP contribution is -2.11. The summed E-state index contributed by atoms with van der Waals surface area (Å²) in [6, 6.07) is 3.30. The molecule has 1 aromatic carbocycles. The maximum absolute atomic E-state index is 13.0. The Morgan fingerprint density at radius 2 is 2.13 bits per heavy atom. The van der Waals surface area contributed by atoms with Crippen LogP contribution in [0.1, 0.15) is 17.3 Å². The Morgan fingerprint density at radius 1 is 1.40 bits per heavy atom. The van der Waals surface area contributed by atoms with Crippen molar-refractivity contribution in [2.24, 2.45) is 0 Å². The van der Waals surface area contributed by atoms with Crippen molar-refractivity contribution in [3.05, 3.63) is 35.4 Å². The van der Waals surface area contributed by atoms with Crippen LogP contribution in [-0.2, 0) is 9.47 Å². The molecular weight excluding hydrogens is 206 g/mol. The van der Waals surface area contributed by atoms with E-state index in [2.05, 4.69) is 4.74 Å². The zero-order valence-electron chi connectivity index (χ0n) is 8.13. The molecule has 15 heavy (non-hydrogen) atoms. The Hall–Kier alpha value is -1.49. The van der Waals surface area contributed by atoms with Crippen LogP contribution in [-0.4, -0.2) is 19.4 Å². The molecule has 0 aromatic heterocycles. The van der Waals surface area contributed by atoms with Gasteiger partial charge in [-0.15, -0.1) is 0 Å². The SMILES string of the molecule is CCOCOC(=O)c1cccc(F)c1F. The number of carbonyl (C=O) groups excluding carboxylic acids is 1. The fraction of sp³-hybridized carbons (Fsp3) is 0.300. The number of halogens is 2. The van der Waals surface area contributed by atoms with Crippen LogP contribution in [0.25, 0.3) is 0 Å². The predicted molar refractivity (Wildman–Crippen MR) is 48.3 cm³/mol. The Labute approximate surface area is 85.6 Å². The van der Waals surface area contributed by atoms with Crippen LogP contribution in [0.2, 0.25) is 0 Å². The third-order valence-corrected chi connectivity index (χ3v) is 1.65. The summed E-state index contributed by atoms with van der Waals surface area (Å²) < 4.78 is 35.0. The van der Waals surface area contributed by atoms with Gasteiger partial charge in [-0.3, -0.25) is 0 Å². The summed E-state index contributed by atoms with van der Waals surface area (Å²) in [6.07, 6.45) is 0. The summed E-state index contributed by atoms with van der Waals surface area (Å²) in [5.74, 6) is -3.24. The third kappa shape index (κ3) is 2.99. The Bertz CT molecular complexity index is 353. The van der Waals surface area contributed by atoms with Gasteiger partial charge in [0.05, 0.1) is 5.56 Å². The molecule has 0 amide bonds. The highest BCUT2D eigenvalue weighted by Gasteiger charge is 2.15. The monoisotopic (exact) mass is 216 g/mol. The minimum Gasteiger partial charge on any atom is -0.435 e. The zero-order chi connectivity index (χ0) is 11.3. The molecule has 5 heteroatoms. The molecular formula is C10H10F2O3. The first-order chi connectivity index (χ1) is 7.16. The smallest absolute Gasteiger partial charge is 0.343 e. The normalized spacial score (nSPS) is 10.1. The fourth-order valence-electron chi connectivity index (χ4n) is 0.918. The second kappa shape index (κ2) is 5.41. The molecule has 0 atom stereocenters. The largest absolute Gasteiger partial charge is 0.435 e. The van der Waals surface area contributed by atoms with E-state index < -0.39 is 23.2 Å². The minimum atomic E-state index is -1.21. The van der Waals surface area contributed by atoms with Crippen molar-refractivity contribution in [2.75, 3.05) is 13.4 Å². The molecule has 0 aliphatic heterocycles. The van der Waals surface area contributed by atoms with Gasteiger partial charge in [0.1, 0.15) is 0 Å². The number of esters is 1. The second-order valence-electron chi connectivity index (χ2n) is 2.64. The summed E-state index contributed by atoms with van der Waals surface area (Å²) in [4.78, 5) is 11.2. The molecule has 0 aliphatic rings. The van der Waals surface area contributed by atoms with Gasteiger partial charge in [0.2, 0.25) is 0 Å². The van der Waals surface area contributed by atoms with Crippen molar-refractivity contribution in [3.63, 3.8) is 0 Å². The number of benzene rings is 1. The standard InChI is InChI=1S/C10H10F2O3/c1-2-14-6-15-10(13)7-4-3-5-8(11)9(7)12/h3-5H,2,6H2,1H3. The maximum atomic E-state index is 13.0. The molecule has 0 fully saturated rings. The minimum absolute atomic E-state index is 0.273. The van der Waals surface area contributed by atoms with E-state index in [1.807, 2.05) is 0 Å². The fourth-order valence-corrected chi connectivity index (χ4v) is 0.918. The van der Waals surface area contributed by atoms with E-state index in [9.17, 15) is 13.6 Å². The zero-order valence-corrected chi connectivity index (χ0v) is 8.13. The van der Waals surface area contributed by atoms with E-state index in [0.29, 0.717) is 6.61 Å². The number of hydrogen-bond acceptors (Lipinski definition) is 3. The van der Waals surface area contributed by atoms with Gasteiger partial charge >= 0.3 is 5.97 Å². The average molecular weight is 216 g/mol. The molecule has 0 aliphatic carbocycles. The van der Waals surface area contributed by atoms with Gasteiger partial charge in [-0.2, -0.15) is 0 Å². The summed E-state index contributed by atoms with van der Waals surface area (Å²) in [5, 5.41) is 0. The van der Waals surface area contributed by atoms with Crippen LogP contribution in [0.3, 0.4) is 0 Å². The Morgan fingerprint density at radius 3 is 2.80 bits per heavy atom. The van der Waals surface area contributed by atoms with E-state index >= 15 is 0 Å². The lowest BCUT2D eigenvalue weighted by Gasteiger charge is -2.05. The maximum Gasteiger partial charge on any atom is 0.343 e. The lowest BCUT2D eigenvalue weighted by molar-refractivity contribution is -0.0278. The molecule has 1 aromatic rings. The van der Waals surface area contributed by atoms with Crippen molar-refractivity contribution in [3.8, 4) is 0 Å². The second-order valence-corrected chi connectivity index (χ2v) is 2.64. The van der Waals surface area contributed by atoms with Crippen LogP contribution >= 0.6 is 0 Å². The molecule has 0 saturated carbocycles. The van der Waals surface area contributed by atoms with Crippen molar-refractivity contribution < 1.29 is 23.0 Å². The van der Waals surface area contributed by atoms with Gasteiger partial charge in [-0.1, -0.05) is 6.07 Å². The highest BCUT2D eigenvalue weighted by Crippen LogP contribution is 2.12. The summed E-state index contributed by atoms with van der Waals surface area (Å²) in [5.41, 5.74) is -0.435. The number of rotatable bonds is 4. The third-order valence-electron chi connectivity index (χ3n) is 1.65. The first kappa shape index (κ1) is 11.6. The van der Waals surface area contributed by atoms with Crippen LogP contribution < -0.4 is 0 Å². The summed E-state index contributed by atoms with van der Waals surface area (Å²) >= 11 is 0. The molecule has 0 heterocycles. The van der Waals surface area contributed by atoms with E-state index in [4.69, 9.17) is 4.74 Å². The van der Waals surface area contributed by atoms with Crippen LogP contribution in [0.4, 0.5) is 8.78 Å². The molecule has 82 valence electrons. The Balaban J connectivity index is 2.69. The molecule has 3 nitrogen and oxygen atoms in total. The number of hydrogen-bond donors (Lipinski definition) is 0. The quantitative estimate of drug-likeness (QED) is 0.439. The van der Waals surface area contributed by atoms with E-state index in [0.717, 1.165) is 12.1 Å². The molecule has 0 radical (unpaired) electrons. The van der Waals surface area contributed by atoms with E-state index in [1.165, 1.54) is 6.07 Å². The van der Waals surface area contributed by atoms with Crippen LogP contribution in [0, 0.1) is 11.6 Å². The van der Waals surface area contributed by atoms with Gasteiger partial charge in [0, 0.05) is 6.61 Å². The summed E-state index contributed by atoms with van der Waals surface area (Å²) in [6.45, 7) is 1.82. The van der Waals surface area contributed by atoms with Crippen molar-refractivity contribution in [2.45, 2.75) is 6.92 Å².